The average Bonchev–Trinajstić information content (AvgIpc) is 2.19. The minimum Gasteiger partial charge on any atom is -0.264 e. The maximum Gasteiger partial charge on any atom is 0.397 e. The molecule has 1 atom stereocenters. The normalized spacial score (nSPS) is 13.9. The number of rotatable bonds is 10. The van der Waals surface area contributed by atoms with Crippen LogP contribution in [0.3, 0.4) is 0 Å². The van der Waals surface area contributed by atoms with Gasteiger partial charge in [-0.2, -0.15) is 8.42 Å². The SMILES string of the molecule is CCCCCCCCC(CC)OS(=O)(=O)O. The van der Waals surface area contributed by atoms with Crippen LogP contribution in [-0.4, -0.2) is 19.1 Å². The Hall–Kier alpha value is -0.130. The summed E-state index contributed by atoms with van der Waals surface area (Å²) in [6, 6.07) is 0. The van der Waals surface area contributed by atoms with Crippen LogP contribution in [0.5, 0.6) is 0 Å². The van der Waals surface area contributed by atoms with E-state index in [1.54, 1.807) is 0 Å². The van der Waals surface area contributed by atoms with Gasteiger partial charge in [0.2, 0.25) is 0 Å². The summed E-state index contributed by atoms with van der Waals surface area (Å²) in [4.78, 5) is 0. The van der Waals surface area contributed by atoms with Crippen molar-refractivity contribution in [1.82, 2.24) is 0 Å². The van der Waals surface area contributed by atoms with Crippen LogP contribution >= 0.6 is 0 Å². The minimum atomic E-state index is -4.29. The van der Waals surface area contributed by atoms with Crippen LogP contribution in [0.15, 0.2) is 0 Å². The first-order chi connectivity index (χ1) is 7.49. The van der Waals surface area contributed by atoms with Crippen LogP contribution in [0.25, 0.3) is 0 Å². The van der Waals surface area contributed by atoms with Crippen LogP contribution in [0.2, 0.25) is 0 Å². The zero-order valence-electron chi connectivity index (χ0n) is 10.3. The lowest BCUT2D eigenvalue weighted by molar-refractivity contribution is 0.165. The maximum absolute atomic E-state index is 10.5. The third-order valence-corrected chi connectivity index (χ3v) is 3.11. The lowest BCUT2D eigenvalue weighted by Crippen LogP contribution is -2.16. The van der Waals surface area contributed by atoms with Crippen molar-refractivity contribution in [1.29, 1.82) is 0 Å². The van der Waals surface area contributed by atoms with Crippen molar-refractivity contribution in [3.8, 4) is 0 Å². The van der Waals surface area contributed by atoms with E-state index in [9.17, 15) is 8.42 Å². The molecule has 0 spiro atoms. The average molecular weight is 252 g/mol. The van der Waals surface area contributed by atoms with Gasteiger partial charge in [0.25, 0.3) is 0 Å². The summed E-state index contributed by atoms with van der Waals surface area (Å²) in [6.07, 6.45) is 7.91. The van der Waals surface area contributed by atoms with Crippen molar-refractivity contribution in [2.75, 3.05) is 0 Å². The highest BCUT2D eigenvalue weighted by atomic mass is 32.3. The standard InChI is InChI=1S/C11H24O4S/c1-3-5-6-7-8-9-10-11(4-2)15-16(12,13)14/h11H,3-10H2,1-2H3,(H,12,13,14). The first-order valence-corrected chi connectivity index (χ1v) is 7.51. The second kappa shape index (κ2) is 8.96. The molecule has 4 nitrogen and oxygen atoms in total. The van der Waals surface area contributed by atoms with Crippen LogP contribution in [0.4, 0.5) is 0 Å². The molecule has 0 saturated carbocycles. The van der Waals surface area contributed by atoms with Gasteiger partial charge in [-0.25, -0.2) is 4.18 Å². The Morgan fingerprint density at radius 1 is 1.06 bits per heavy atom. The van der Waals surface area contributed by atoms with Crippen molar-refractivity contribution in [2.24, 2.45) is 0 Å². The summed E-state index contributed by atoms with van der Waals surface area (Å²) in [6.45, 7) is 4.03. The molecule has 1 N–H and O–H groups in total. The molecule has 0 amide bonds. The van der Waals surface area contributed by atoms with Gasteiger partial charge in [0.05, 0.1) is 6.10 Å². The molecule has 0 bridgehead atoms. The van der Waals surface area contributed by atoms with Crippen LogP contribution < -0.4 is 0 Å². The predicted octanol–water partition coefficient (Wildman–Crippen LogP) is 3.34. The van der Waals surface area contributed by atoms with Crippen molar-refractivity contribution in [2.45, 2.75) is 71.3 Å². The van der Waals surface area contributed by atoms with E-state index in [0.717, 1.165) is 12.8 Å². The molecule has 16 heavy (non-hydrogen) atoms. The quantitative estimate of drug-likeness (QED) is 0.478. The van der Waals surface area contributed by atoms with E-state index < -0.39 is 10.4 Å². The fraction of sp³-hybridized carbons (Fsp3) is 1.00. The van der Waals surface area contributed by atoms with E-state index in [1.807, 2.05) is 6.92 Å². The Morgan fingerprint density at radius 2 is 1.62 bits per heavy atom. The molecule has 0 aliphatic carbocycles. The molecule has 0 radical (unpaired) electrons. The highest BCUT2D eigenvalue weighted by Crippen LogP contribution is 2.13. The summed E-state index contributed by atoms with van der Waals surface area (Å²) in [7, 11) is -4.29. The largest absolute Gasteiger partial charge is 0.397 e. The lowest BCUT2D eigenvalue weighted by Gasteiger charge is -2.12. The van der Waals surface area contributed by atoms with Crippen molar-refractivity contribution >= 4 is 10.4 Å². The highest BCUT2D eigenvalue weighted by molar-refractivity contribution is 7.80. The molecular formula is C11H24O4S. The molecule has 0 aromatic rings. The first-order valence-electron chi connectivity index (χ1n) is 6.15. The van der Waals surface area contributed by atoms with E-state index in [0.29, 0.717) is 12.8 Å². The van der Waals surface area contributed by atoms with Gasteiger partial charge >= 0.3 is 10.4 Å². The van der Waals surface area contributed by atoms with E-state index in [4.69, 9.17) is 4.55 Å². The lowest BCUT2D eigenvalue weighted by atomic mass is 10.1. The fourth-order valence-corrected chi connectivity index (χ4v) is 2.22. The predicted molar refractivity (Wildman–Crippen MR) is 64.7 cm³/mol. The minimum absolute atomic E-state index is 0.374. The molecule has 98 valence electrons. The third kappa shape index (κ3) is 10.4. The molecule has 0 heterocycles. The number of unbranched alkanes of at least 4 members (excludes halogenated alkanes) is 5. The Labute approximate surface area is 99.3 Å². The van der Waals surface area contributed by atoms with Crippen LogP contribution in [-0.2, 0) is 14.6 Å². The molecule has 0 aromatic heterocycles. The van der Waals surface area contributed by atoms with Gasteiger partial charge in [-0.3, -0.25) is 4.55 Å². The molecular weight excluding hydrogens is 228 g/mol. The molecule has 0 saturated heterocycles. The highest BCUT2D eigenvalue weighted by Gasteiger charge is 2.14. The summed E-state index contributed by atoms with van der Waals surface area (Å²) in [5.74, 6) is 0. The third-order valence-electron chi connectivity index (χ3n) is 2.59. The van der Waals surface area contributed by atoms with E-state index in [-0.39, 0.29) is 6.10 Å². The monoisotopic (exact) mass is 252 g/mol. The molecule has 0 fully saturated rings. The topological polar surface area (TPSA) is 63.6 Å². The fourth-order valence-electron chi connectivity index (χ4n) is 1.64. The van der Waals surface area contributed by atoms with E-state index in [2.05, 4.69) is 11.1 Å². The number of hydrogen-bond acceptors (Lipinski definition) is 3. The second-order valence-corrected chi connectivity index (χ2v) is 5.16. The zero-order valence-corrected chi connectivity index (χ0v) is 11.1. The second-order valence-electron chi connectivity index (χ2n) is 4.11. The summed E-state index contributed by atoms with van der Waals surface area (Å²) in [5.41, 5.74) is 0. The summed E-state index contributed by atoms with van der Waals surface area (Å²) >= 11 is 0. The Balaban J connectivity index is 3.56. The van der Waals surface area contributed by atoms with Gasteiger partial charge in [0.1, 0.15) is 0 Å². The molecule has 0 aliphatic rings. The molecule has 1 unspecified atom stereocenters. The van der Waals surface area contributed by atoms with Gasteiger partial charge in [-0.15, -0.1) is 0 Å². The van der Waals surface area contributed by atoms with Gasteiger partial charge in [0.15, 0.2) is 0 Å². The Bertz CT molecular complexity index is 249. The summed E-state index contributed by atoms with van der Waals surface area (Å²) < 4.78 is 34.1. The molecule has 0 rings (SSSR count). The van der Waals surface area contributed by atoms with E-state index >= 15 is 0 Å². The molecule has 5 heteroatoms. The van der Waals surface area contributed by atoms with Gasteiger partial charge in [-0.05, 0) is 12.8 Å². The van der Waals surface area contributed by atoms with Crippen LogP contribution in [0, 0.1) is 0 Å². The number of hydrogen-bond donors (Lipinski definition) is 1. The Morgan fingerprint density at radius 3 is 2.12 bits per heavy atom. The van der Waals surface area contributed by atoms with E-state index in [1.165, 1.54) is 25.7 Å². The van der Waals surface area contributed by atoms with Gasteiger partial charge in [0, 0.05) is 0 Å². The van der Waals surface area contributed by atoms with Gasteiger partial charge < -0.3 is 0 Å². The first kappa shape index (κ1) is 15.9. The molecule has 0 aromatic carbocycles. The smallest absolute Gasteiger partial charge is 0.264 e. The maximum atomic E-state index is 10.5. The Kier molecular flexibility index (Phi) is 8.89. The molecule has 0 aliphatic heterocycles. The van der Waals surface area contributed by atoms with Crippen molar-refractivity contribution < 1.29 is 17.2 Å². The van der Waals surface area contributed by atoms with Gasteiger partial charge in [-0.1, -0.05) is 52.4 Å². The van der Waals surface area contributed by atoms with Crippen LogP contribution in [0.1, 0.15) is 65.2 Å². The van der Waals surface area contributed by atoms with Crippen molar-refractivity contribution in [3.05, 3.63) is 0 Å². The van der Waals surface area contributed by atoms with Crippen molar-refractivity contribution in [3.63, 3.8) is 0 Å². The summed E-state index contributed by atoms with van der Waals surface area (Å²) in [5, 5.41) is 0. The zero-order chi connectivity index (χ0) is 12.4.